The van der Waals surface area contributed by atoms with Crippen molar-refractivity contribution in [1.82, 2.24) is 10.2 Å². The van der Waals surface area contributed by atoms with E-state index in [4.69, 9.17) is 23.2 Å². The molecule has 0 radical (unpaired) electrons. The summed E-state index contributed by atoms with van der Waals surface area (Å²) in [5.74, 6) is -0.376. The van der Waals surface area contributed by atoms with Crippen LogP contribution in [0.3, 0.4) is 0 Å². The van der Waals surface area contributed by atoms with Crippen LogP contribution in [0.4, 0.5) is 0 Å². The maximum absolute atomic E-state index is 13.1. The van der Waals surface area contributed by atoms with Gasteiger partial charge in [0.05, 0.1) is 6.42 Å². The average Bonchev–Trinajstić information content (AvgIpc) is 2.67. The summed E-state index contributed by atoms with van der Waals surface area (Å²) < 4.78 is 0. The molecule has 0 heterocycles. The zero-order chi connectivity index (χ0) is 19.8. The largest absolute Gasteiger partial charge is 0.354 e. The molecule has 0 aromatic heterocycles. The second kappa shape index (κ2) is 10.3. The molecule has 2 aromatic carbocycles. The number of nitrogens with zero attached hydrogens (tertiary/aromatic N) is 1. The lowest BCUT2D eigenvalue weighted by molar-refractivity contribution is -0.140. The van der Waals surface area contributed by atoms with Crippen molar-refractivity contribution in [3.63, 3.8) is 0 Å². The molecule has 4 nitrogen and oxygen atoms in total. The predicted molar refractivity (Wildman–Crippen MR) is 110 cm³/mol. The van der Waals surface area contributed by atoms with Gasteiger partial charge in [-0.05, 0) is 36.6 Å². The highest BCUT2D eigenvalue weighted by Crippen LogP contribution is 2.25. The van der Waals surface area contributed by atoms with Crippen LogP contribution in [0, 0.1) is 0 Å². The van der Waals surface area contributed by atoms with Crippen molar-refractivity contribution in [3.8, 4) is 0 Å². The number of carbonyl (C=O) groups is 2. The Bertz CT molecular complexity index is 761. The van der Waals surface area contributed by atoms with E-state index in [-0.39, 0.29) is 18.2 Å². The van der Waals surface area contributed by atoms with E-state index in [9.17, 15) is 9.59 Å². The number of rotatable bonds is 8. The van der Waals surface area contributed by atoms with Crippen LogP contribution in [-0.2, 0) is 22.6 Å². The first-order valence-corrected chi connectivity index (χ1v) is 9.73. The van der Waals surface area contributed by atoms with E-state index in [0.29, 0.717) is 28.7 Å². The summed E-state index contributed by atoms with van der Waals surface area (Å²) in [6, 6.07) is 14.1. The third-order valence-electron chi connectivity index (χ3n) is 4.30. The molecule has 0 bridgehead atoms. The lowest BCUT2D eigenvalue weighted by atomic mass is 10.1. The first kappa shape index (κ1) is 21.3. The van der Waals surface area contributed by atoms with Gasteiger partial charge in [0.15, 0.2) is 0 Å². The highest BCUT2D eigenvalue weighted by molar-refractivity contribution is 6.36. The third kappa shape index (κ3) is 5.98. The van der Waals surface area contributed by atoms with Gasteiger partial charge >= 0.3 is 0 Å². The van der Waals surface area contributed by atoms with Gasteiger partial charge in [-0.2, -0.15) is 0 Å². The third-order valence-corrected chi connectivity index (χ3v) is 5.01. The first-order chi connectivity index (χ1) is 12.9. The molecule has 0 aliphatic carbocycles. The lowest BCUT2D eigenvalue weighted by Crippen LogP contribution is -2.48. The van der Waals surface area contributed by atoms with Crippen molar-refractivity contribution in [1.29, 1.82) is 0 Å². The molecule has 0 saturated heterocycles. The minimum absolute atomic E-state index is 0.0384. The van der Waals surface area contributed by atoms with Crippen LogP contribution in [0.25, 0.3) is 0 Å². The Morgan fingerprint density at radius 2 is 1.67 bits per heavy atom. The van der Waals surface area contributed by atoms with Crippen LogP contribution in [-0.4, -0.2) is 29.3 Å². The average molecular weight is 407 g/mol. The summed E-state index contributed by atoms with van der Waals surface area (Å²) in [6.45, 7) is 4.63. The van der Waals surface area contributed by atoms with Gasteiger partial charge in [-0.1, -0.05) is 66.5 Å². The molecular formula is C21H24Cl2N2O2. The molecule has 1 atom stereocenters. The highest BCUT2D eigenvalue weighted by atomic mass is 35.5. The van der Waals surface area contributed by atoms with E-state index in [2.05, 4.69) is 5.32 Å². The molecule has 144 valence electrons. The summed E-state index contributed by atoms with van der Waals surface area (Å²) >= 11 is 12.4. The fourth-order valence-corrected chi connectivity index (χ4v) is 3.24. The van der Waals surface area contributed by atoms with E-state index in [1.807, 2.05) is 37.3 Å². The van der Waals surface area contributed by atoms with E-state index >= 15 is 0 Å². The Hall–Kier alpha value is -2.04. The normalized spacial score (nSPS) is 11.7. The van der Waals surface area contributed by atoms with Crippen molar-refractivity contribution in [3.05, 3.63) is 69.7 Å². The quantitative estimate of drug-likeness (QED) is 0.702. The van der Waals surface area contributed by atoms with Crippen LogP contribution in [0.5, 0.6) is 0 Å². The van der Waals surface area contributed by atoms with E-state index in [0.717, 1.165) is 12.0 Å². The molecule has 0 aliphatic heterocycles. The molecular weight excluding hydrogens is 383 g/mol. The Kier molecular flexibility index (Phi) is 8.14. The molecule has 0 aliphatic rings. The molecule has 2 amide bonds. The smallest absolute Gasteiger partial charge is 0.242 e. The van der Waals surface area contributed by atoms with Gasteiger partial charge in [0.1, 0.15) is 6.04 Å². The van der Waals surface area contributed by atoms with Crippen molar-refractivity contribution >= 4 is 35.0 Å². The maximum atomic E-state index is 13.1. The molecule has 27 heavy (non-hydrogen) atoms. The molecule has 2 aromatic rings. The van der Waals surface area contributed by atoms with Crippen molar-refractivity contribution < 1.29 is 9.59 Å². The van der Waals surface area contributed by atoms with Crippen LogP contribution in [0.2, 0.25) is 10.0 Å². The monoisotopic (exact) mass is 406 g/mol. The standard InChI is InChI=1S/C21H24Cl2N2O2/c1-3-12-24-21(27)15(2)25(14-16-8-5-4-6-9-16)20(26)13-17-18(22)10-7-11-19(17)23/h4-11,15H,3,12-14H2,1-2H3,(H,24,27)/t15-/m0/s1. The molecule has 2 rings (SSSR count). The summed E-state index contributed by atoms with van der Waals surface area (Å²) in [4.78, 5) is 27.1. The summed E-state index contributed by atoms with van der Waals surface area (Å²) in [7, 11) is 0. The molecule has 1 N–H and O–H groups in total. The number of nitrogens with one attached hydrogen (secondary N) is 1. The van der Waals surface area contributed by atoms with Gasteiger partial charge in [-0.25, -0.2) is 0 Å². The van der Waals surface area contributed by atoms with E-state index in [1.54, 1.807) is 30.0 Å². The van der Waals surface area contributed by atoms with Gasteiger partial charge in [-0.15, -0.1) is 0 Å². The van der Waals surface area contributed by atoms with Gasteiger partial charge in [-0.3, -0.25) is 9.59 Å². The Labute approximate surface area is 170 Å². The van der Waals surface area contributed by atoms with Crippen molar-refractivity contribution in [2.24, 2.45) is 0 Å². The summed E-state index contributed by atoms with van der Waals surface area (Å²) in [6.07, 6.45) is 0.872. The van der Waals surface area contributed by atoms with E-state index < -0.39 is 6.04 Å². The number of carbonyl (C=O) groups excluding carboxylic acids is 2. The van der Waals surface area contributed by atoms with Crippen molar-refractivity contribution in [2.75, 3.05) is 6.54 Å². The zero-order valence-corrected chi connectivity index (χ0v) is 17.1. The number of hydrogen-bond donors (Lipinski definition) is 1. The number of halogens is 2. The van der Waals surface area contributed by atoms with E-state index in [1.165, 1.54) is 0 Å². The second-order valence-corrected chi connectivity index (χ2v) is 7.17. The van der Waals surface area contributed by atoms with Gasteiger partial charge in [0.2, 0.25) is 11.8 Å². The van der Waals surface area contributed by atoms with Crippen LogP contribution < -0.4 is 5.32 Å². The number of hydrogen-bond acceptors (Lipinski definition) is 2. The van der Waals surface area contributed by atoms with Crippen LogP contribution in [0.15, 0.2) is 48.5 Å². The minimum Gasteiger partial charge on any atom is -0.354 e. The molecule has 0 unspecified atom stereocenters. The lowest BCUT2D eigenvalue weighted by Gasteiger charge is -2.29. The minimum atomic E-state index is -0.606. The Balaban J connectivity index is 2.24. The van der Waals surface area contributed by atoms with Crippen molar-refractivity contribution in [2.45, 2.75) is 39.3 Å². The fraction of sp³-hybridized carbons (Fsp3) is 0.333. The number of amides is 2. The van der Waals surface area contributed by atoms with Gasteiger partial charge in [0.25, 0.3) is 0 Å². The molecule has 0 saturated carbocycles. The van der Waals surface area contributed by atoms with Gasteiger partial charge < -0.3 is 10.2 Å². The summed E-state index contributed by atoms with van der Waals surface area (Å²) in [5.41, 5.74) is 1.52. The van der Waals surface area contributed by atoms with Crippen LogP contribution in [0.1, 0.15) is 31.4 Å². The predicted octanol–water partition coefficient (Wildman–Crippen LogP) is 4.48. The van der Waals surface area contributed by atoms with Gasteiger partial charge in [0, 0.05) is 23.1 Å². The maximum Gasteiger partial charge on any atom is 0.242 e. The second-order valence-electron chi connectivity index (χ2n) is 6.35. The fourth-order valence-electron chi connectivity index (χ4n) is 2.71. The zero-order valence-electron chi connectivity index (χ0n) is 15.5. The molecule has 6 heteroatoms. The Morgan fingerprint density at radius 3 is 2.26 bits per heavy atom. The SMILES string of the molecule is CCCNC(=O)[C@H](C)N(Cc1ccccc1)C(=O)Cc1c(Cl)cccc1Cl. The summed E-state index contributed by atoms with van der Waals surface area (Å²) in [5, 5.41) is 3.74. The number of benzene rings is 2. The Morgan fingerprint density at radius 1 is 1.04 bits per heavy atom. The van der Waals surface area contributed by atoms with Crippen LogP contribution >= 0.6 is 23.2 Å². The topological polar surface area (TPSA) is 49.4 Å². The first-order valence-electron chi connectivity index (χ1n) is 8.98. The molecule has 0 spiro atoms. The highest BCUT2D eigenvalue weighted by Gasteiger charge is 2.26. The molecule has 0 fully saturated rings.